The van der Waals surface area contributed by atoms with Gasteiger partial charge in [0.1, 0.15) is 16.9 Å². The molecule has 1 amide bonds. The first-order valence-corrected chi connectivity index (χ1v) is 9.03. The normalized spacial score (nSPS) is 17.3. The summed E-state index contributed by atoms with van der Waals surface area (Å²) in [5.74, 6) is 1.52. The molecule has 0 saturated heterocycles. The average Bonchev–Trinajstić information content (AvgIpc) is 3.27. The molecule has 0 radical (unpaired) electrons. The lowest BCUT2D eigenvalue weighted by atomic mass is 10.1. The van der Waals surface area contributed by atoms with Gasteiger partial charge in [-0.2, -0.15) is 0 Å². The Bertz CT molecular complexity index is 695. The summed E-state index contributed by atoms with van der Waals surface area (Å²) in [5.41, 5.74) is 0.426. The molecule has 25 heavy (non-hydrogen) atoms. The Morgan fingerprint density at radius 2 is 2.04 bits per heavy atom. The van der Waals surface area contributed by atoms with Crippen molar-refractivity contribution in [2.24, 2.45) is 5.92 Å². The highest BCUT2D eigenvalue weighted by atomic mass is 16.6. The van der Waals surface area contributed by atoms with Gasteiger partial charge in [0.15, 0.2) is 0 Å². The van der Waals surface area contributed by atoms with Crippen LogP contribution in [0.15, 0.2) is 34.7 Å². The van der Waals surface area contributed by atoms with E-state index in [0.717, 1.165) is 16.7 Å². The van der Waals surface area contributed by atoms with E-state index in [1.165, 1.54) is 12.8 Å². The van der Waals surface area contributed by atoms with Crippen LogP contribution in [0.5, 0.6) is 0 Å². The molecule has 2 aromatic rings. The van der Waals surface area contributed by atoms with Gasteiger partial charge < -0.3 is 19.8 Å². The fourth-order valence-corrected chi connectivity index (χ4v) is 2.99. The smallest absolute Gasteiger partial charge is 0.407 e. The molecule has 1 heterocycles. The van der Waals surface area contributed by atoms with Crippen molar-refractivity contribution in [3.63, 3.8) is 0 Å². The summed E-state index contributed by atoms with van der Waals surface area (Å²) in [7, 11) is 0. The van der Waals surface area contributed by atoms with Crippen molar-refractivity contribution in [1.82, 2.24) is 10.6 Å². The van der Waals surface area contributed by atoms with Crippen LogP contribution in [0, 0.1) is 5.92 Å². The Labute approximate surface area is 149 Å². The minimum Gasteiger partial charge on any atom is -0.459 e. The monoisotopic (exact) mass is 344 g/mol. The number of benzene rings is 1. The van der Waals surface area contributed by atoms with Crippen molar-refractivity contribution >= 4 is 17.1 Å². The number of hydrogen-bond donors (Lipinski definition) is 2. The summed E-state index contributed by atoms with van der Waals surface area (Å²) in [6.45, 7) is 8.26. The van der Waals surface area contributed by atoms with Gasteiger partial charge in [0, 0.05) is 18.0 Å². The van der Waals surface area contributed by atoms with E-state index in [4.69, 9.17) is 9.15 Å². The van der Waals surface area contributed by atoms with E-state index in [9.17, 15) is 4.79 Å². The maximum Gasteiger partial charge on any atom is 0.407 e. The molecule has 1 aromatic heterocycles. The van der Waals surface area contributed by atoms with Crippen molar-refractivity contribution in [2.75, 3.05) is 6.54 Å². The van der Waals surface area contributed by atoms with Gasteiger partial charge >= 0.3 is 6.09 Å². The van der Waals surface area contributed by atoms with Crippen LogP contribution in [0.3, 0.4) is 0 Å². The lowest BCUT2D eigenvalue weighted by molar-refractivity contribution is 0.0520. The number of carbonyl (C=O) groups excluding carboxylic acids is 1. The van der Waals surface area contributed by atoms with Gasteiger partial charge in [0.2, 0.25) is 0 Å². The minimum absolute atomic E-state index is 0.0819. The third-order valence-corrected chi connectivity index (χ3v) is 4.39. The minimum atomic E-state index is -0.478. The van der Waals surface area contributed by atoms with Gasteiger partial charge in [-0.05, 0) is 58.6 Å². The first kappa shape index (κ1) is 17.8. The summed E-state index contributed by atoms with van der Waals surface area (Å²) in [4.78, 5) is 11.9. The fraction of sp³-hybridized carbons (Fsp3) is 0.550. The molecule has 0 spiro atoms. The van der Waals surface area contributed by atoms with Crippen LogP contribution in [0.4, 0.5) is 4.79 Å². The zero-order valence-corrected chi connectivity index (χ0v) is 15.5. The molecule has 2 unspecified atom stereocenters. The summed E-state index contributed by atoms with van der Waals surface area (Å²) < 4.78 is 11.3. The molecule has 5 heteroatoms. The van der Waals surface area contributed by atoms with Crippen LogP contribution in [0.25, 0.3) is 11.0 Å². The molecule has 1 aromatic carbocycles. The fourth-order valence-electron chi connectivity index (χ4n) is 2.99. The number of carbonyl (C=O) groups is 1. The van der Waals surface area contributed by atoms with Gasteiger partial charge in [-0.1, -0.05) is 18.2 Å². The molecule has 1 aliphatic carbocycles. The Hall–Kier alpha value is -2.01. The molecule has 1 aliphatic rings. The van der Waals surface area contributed by atoms with Crippen molar-refractivity contribution in [1.29, 1.82) is 0 Å². The molecule has 1 saturated carbocycles. The maximum atomic E-state index is 11.9. The number of alkyl carbamates (subject to hydrolysis) is 1. The predicted molar refractivity (Wildman–Crippen MR) is 98.5 cm³/mol. The lowest BCUT2D eigenvalue weighted by Crippen LogP contribution is -2.44. The molecule has 2 N–H and O–H groups in total. The number of furan rings is 1. The van der Waals surface area contributed by atoms with Crippen LogP contribution >= 0.6 is 0 Å². The van der Waals surface area contributed by atoms with Gasteiger partial charge in [-0.25, -0.2) is 4.79 Å². The van der Waals surface area contributed by atoms with Crippen molar-refractivity contribution in [2.45, 2.75) is 58.2 Å². The van der Waals surface area contributed by atoms with Crippen LogP contribution in [-0.4, -0.2) is 24.3 Å². The SMILES string of the molecule is CC(NC(CNC(=O)OC(C)(C)C)C1CC1)c1cc2ccccc2o1. The van der Waals surface area contributed by atoms with E-state index in [0.29, 0.717) is 12.5 Å². The Morgan fingerprint density at radius 1 is 1.32 bits per heavy atom. The third kappa shape index (κ3) is 4.98. The largest absolute Gasteiger partial charge is 0.459 e. The number of ether oxygens (including phenoxy) is 1. The van der Waals surface area contributed by atoms with Crippen LogP contribution in [-0.2, 0) is 4.74 Å². The van der Waals surface area contributed by atoms with Crippen molar-refractivity contribution in [3.05, 3.63) is 36.1 Å². The van der Waals surface area contributed by atoms with Crippen LogP contribution in [0.2, 0.25) is 0 Å². The summed E-state index contributed by atoms with van der Waals surface area (Å²) in [6, 6.07) is 10.4. The van der Waals surface area contributed by atoms with E-state index in [2.05, 4.69) is 29.7 Å². The second-order valence-corrected chi connectivity index (χ2v) is 7.90. The van der Waals surface area contributed by atoms with Gasteiger partial charge in [-0.3, -0.25) is 0 Å². The standard InChI is InChI=1S/C20H28N2O3/c1-13(18-11-15-7-5-6-8-17(15)24-18)22-16(14-9-10-14)12-21-19(23)25-20(2,3)4/h5-8,11,13-14,16,22H,9-10,12H2,1-4H3,(H,21,23). The topological polar surface area (TPSA) is 63.5 Å². The molecular formula is C20H28N2O3. The Balaban J connectivity index is 1.58. The van der Waals surface area contributed by atoms with Gasteiger partial charge in [0.05, 0.1) is 6.04 Å². The molecule has 0 bridgehead atoms. The zero-order chi connectivity index (χ0) is 18.0. The number of hydrogen-bond acceptors (Lipinski definition) is 4. The number of rotatable bonds is 6. The molecule has 0 aliphatic heterocycles. The lowest BCUT2D eigenvalue weighted by Gasteiger charge is -2.24. The highest BCUT2D eigenvalue weighted by Crippen LogP contribution is 2.34. The summed E-state index contributed by atoms with van der Waals surface area (Å²) >= 11 is 0. The van der Waals surface area contributed by atoms with E-state index >= 15 is 0 Å². The van der Waals surface area contributed by atoms with Crippen LogP contribution in [0.1, 0.15) is 52.3 Å². The highest BCUT2D eigenvalue weighted by Gasteiger charge is 2.33. The average molecular weight is 344 g/mol. The zero-order valence-electron chi connectivity index (χ0n) is 15.5. The second-order valence-electron chi connectivity index (χ2n) is 7.90. The first-order valence-electron chi connectivity index (χ1n) is 9.03. The Kier molecular flexibility index (Phi) is 5.04. The number of para-hydroxylation sites is 1. The molecule has 5 nitrogen and oxygen atoms in total. The molecule has 1 fully saturated rings. The van der Waals surface area contributed by atoms with E-state index < -0.39 is 5.60 Å². The van der Waals surface area contributed by atoms with E-state index in [-0.39, 0.29) is 18.2 Å². The number of nitrogens with one attached hydrogen (secondary N) is 2. The van der Waals surface area contributed by atoms with Crippen LogP contribution < -0.4 is 10.6 Å². The second kappa shape index (κ2) is 7.08. The number of fused-ring (bicyclic) bond motifs is 1. The van der Waals surface area contributed by atoms with E-state index in [1.807, 2.05) is 39.0 Å². The third-order valence-electron chi connectivity index (χ3n) is 4.39. The summed E-state index contributed by atoms with van der Waals surface area (Å²) in [5, 5.41) is 7.61. The molecule has 3 rings (SSSR count). The first-order chi connectivity index (χ1) is 11.8. The van der Waals surface area contributed by atoms with Gasteiger partial charge in [0.25, 0.3) is 0 Å². The molecule has 136 valence electrons. The van der Waals surface area contributed by atoms with Crippen molar-refractivity contribution < 1.29 is 13.9 Å². The van der Waals surface area contributed by atoms with Crippen molar-refractivity contribution in [3.8, 4) is 0 Å². The quantitative estimate of drug-likeness (QED) is 0.816. The molecular weight excluding hydrogens is 316 g/mol. The van der Waals surface area contributed by atoms with E-state index in [1.54, 1.807) is 0 Å². The summed E-state index contributed by atoms with van der Waals surface area (Å²) in [6.07, 6.45) is 2.03. The maximum absolute atomic E-state index is 11.9. The molecule has 2 atom stereocenters. The highest BCUT2D eigenvalue weighted by molar-refractivity contribution is 5.77. The Morgan fingerprint density at radius 3 is 2.68 bits per heavy atom. The number of amides is 1. The van der Waals surface area contributed by atoms with Gasteiger partial charge in [-0.15, -0.1) is 0 Å². The predicted octanol–water partition coefficient (Wildman–Crippen LogP) is 4.39.